The summed E-state index contributed by atoms with van der Waals surface area (Å²) in [6.07, 6.45) is 4.11. The van der Waals surface area contributed by atoms with E-state index in [0.29, 0.717) is 6.04 Å². The highest BCUT2D eigenvalue weighted by atomic mass is 32.2. The van der Waals surface area contributed by atoms with Gasteiger partial charge in [0.2, 0.25) is 0 Å². The van der Waals surface area contributed by atoms with E-state index in [-0.39, 0.29) is 0 Å². The quantitative estimate of drug-likeness (QED) is 0.696. The Morgan fingerprint density at radius 2 is 2.42 bits per heavy atom. The number of rotatable bonds is 4. The van der Waals surface area contributed by atoms with Crippen LogP contribution >= 0.6 is 11.8 Å². The van der Waals surface area contributed by atoms with Crippen molar-refractivity contribution >= 4 is 11.8 Å². The van der Waals surface area contributed by atoms with Gasteiger partial charge >= 0.3 is 0 Å². The molecule has 3 heteroatoms. The maximum atomic E-state index is 5.67. The van der Waals surface area contributed by atoms with Gasteiger partial charge in [-0.25, -0.2) is 0 Å². The van der Waals surface area contributed by atoms with Crippen LogP contribution in [0.5, 0.6) is 0 Å². The summed E-state index contributed by atoms with van der Waals surface area (Å²) >= 11 is 1.98. The molecule has 72 valence electrons. The highest BCUT2D eigenvalue weighted by molar-refractivity contribution is 7.99. The summed E-state index contributed by atoms with van der Waals surface area (Å²) in [5.74, 6) is 2.33. The summed E-state index contributed by atoms with van der Waals surface area (Å²) in [4.78, 5) is 0. The standard InChI is InChI=1S/C9H20N2S/c1-8(10)6-12-7-9-4-2-3-5-11-9/h8-9,11H,2-7,10H2,1H3. The van der Waals surface area contributed by atoms with Crippen LogP contribution in [-0.4, -0.2) is 30.1 Å². The number of thioether (sulfide) groups is 1. The van der Waals surface area contributed by atoms with Gasteiger partial charge in [0.15, 0.2) is 0 Å². The lowest BCUT2D eigenvalue weighted by Crippen LogP contribution is -2.36. The molecule has 0 spiro atoms. The van der Waals surface area contributed by atoms with Crippen molar-refractivity contribution in [1.82, 2.24) is 5.32 Å². The fourth-order valence-corrected chi connectivity index (χ4v) is 2.54. The van der Waals surface area contributed by atoms with Crippen LogP contribution in [-0.2, 0) is 0 Å². The molecule has 0 saturated carbocycles. The second-order valence-electron chi connectivity index (χ2n) is 3.66. The molecule has 0 aliphatic carbocycles. The molecule has 1 rings (SSSR count). The molecule has 2 nitrogen and oxygen atoms in total. The van der Waals surface area contributed by atoms with Gasteiger partial charge in [-0.3, -0.25) is 0 Å². The Kier molecular flexibility index (Phi) is 5.04. The zero-order valence-corrected chi connectivity index (χ0v) is 8.70. The van der Waals surface area contributed by atoms with Gasteiger partial charge < -0.3 is 11.1 Å². The van der Waals surface area contributed by atoms with Crippen LogP contribution in [0.4, 0.5) is 0 Å². The minimum absolute atomic E-state index is 0.346. The minimum atomic E-state index is 0.346. The summed E-state index contributed by atoms with van der Waals surface area (Å²) in [5, 5.41) is 3.53. The van der Waals surface area contributed by atoms with Crippen LogP contribution in [0.2, 0.25) is 0 Å². The first-order valence-corrected chi connectivity index (χ1v) is 6.01. The zero-order chi connectivity index (χ0) is 8.81. The summed E-state index contributed by atoms with van der Waals surface area (Å²) in [7, 11) is 0. The molecule has 1 saturated heterocycles. The van der Waals surface area contributed by atoms with Crippen molar-refractivity contribution in [1.29, 1.82) is 0 Å². The molecule has 0 aromatic heterocycles. The number of piperidine rings is 1. The SMILES string of the molecule is CC(N)CSCC1CCCCN1. The maximum absolute atomic E-state index is 5.67. The lowest BCUT2D eigenvalue weighted by atomic mass is 10.1. The molecular weight excluding hydrogens is 168 g/mol. The predicted octanol–water partition coefficient (Wildman–Crippen LogP) is 1.21. The average molecular weight is 188 g/mol. The van der Waals surface area contributed by atoms with Gasteiger partial charge in [-0.15, -0.1) is 0 Å². The van der Waals surface area contributed by atoms with Crippen LogP contribution < -0.4 is 11.1 Å². The van der Waals surface area contributed by atoms with Gasteiger partial charge in [-0.05, 0) is 26.3 Å². The second kappa shape index (κ2) is 5.84. The summed E-state index contributed by atoms with van der Waals surface area (Å²) in [6, 6.07) is 1.10. The Morgan fingerprint density at radius 3 is 3.00 bits per heavy atom. The van der Waals surface area contributed by atoms with Crippen molar-refractivity contribution < 1.29 is 0 Å². The number of hydrogen-bond acceptors (Lipinski definition) is 3. The Bertz CT molecular complexity index is 111. The molecule has 2 unspecified atom stereocenters. The molecule has 1 aliphatic rings. The van der Waals surface area contributed by atoms with Gasteiger partial charge in [-0.2, -0.15) is 11.8 Å². The Morgan fingerprint density at radius 1 is 1.58 bits per heavy atom. The molecule has 3 N–H and O–H groups in total. The van der Waals surface area contributed by atoms with E-state index in [4.69, 9.17) is 5.73 Å². The lowest BCUT2D eigenvalue weighted by Gasteiger charge is -2.23. The van der Waals surface area contributed by atoms with Crippen molar-refractivity contribution in [3.05, 3.63) is 0 Å². The molecule has 0 amide bonds. The van der Waals surface area contributed by atoms with Crippen LogP contribution in [0.3, 0.4) is 0 Å². The Hall–Kier alpha value is 0.270. The van der Waals surface area contributed by atoms with Gasteiger partial charge in [-0.1, -0.05) is 6.42 Å². The Balaban J connectivity index is 1.98. The third-order valence-corrected chi connectivity index (χ3v) is 3.51. The molecule has 0 aromatic carbocycles. The van der Waals surface area contributed by atoms with E-state index in [2.05, 4.69) is 12.2 Å². The highest BCUT2D eigenvalue weighted by Gasteiger charge is 2.11. The third kappa shape index (κ3) is 4.33. The van der Waals surface area contributed by atoms with Crippen LogP contribution in [0, 0.1) is 0 Å². The largest absolute Gasteiger partial charge is 0.327 e. The fourth-order valence-electron chi connectivity index (χ4n) is 1.46. The maximum Gasteiger partial charge on any atom is 0.0158 e. The monoisotopic (exact) mass is 188 g/mol. The molecule has 0 bridgehead atoms. The molecule has 2 atom stereocenters. The first-order valence-electron chi connectivity index (χ1n) is 4.86. The number of nitrogens with two attached hydrogens (primary N) is 1. The Labute approximate surface area is 79.7 Å². The average Bonchev–Trinajstić information content (AvgIpc) is 2.05. The first-order chi connectivity index (χ1) is 5.79. The van der Waals surface area contributed by atoms with E-state index < -0.39 is 0 Å². The first kappa shape index (κ1) is 10.4. The minimum Gasteiger partial charge on any atom is -0.327 e. The topological polar surface area (TPSA) is 38.0 Å². The van der Waals surface area contributed by atoms with Gasteiger partial charge in [0, 0.05) is 23.6 Å². The molecule has 0 radical (unpaired) electrons. The van der Waals surface area contributed by atoms with E-state index in [1.807, 2.05) is 11.8 Å². The zero-order valence-electron chi connectivity index (χ0n) is 7.88. The van der Waals surface area contributed by atoms with Gasteiger partial charge in [0.25, 0.3) is 0 Å². The normalized spacial score (nSPS) is 27.0. The molecule has 1 heterocycles. The second-order valence-corrected chi connectivity index (χ2v) is 4.74. The van der Waals surface area contributed by atoms with Gasteiger partial charge in [0.1, 0.15) is 0 Å². The van der Waals surface area contributed by atoms with E-state index in [1.54, 1.807) is 0 Å². The van der Waals surface area contributed by atoms with Crippen LogP contribution in [0.1, 0.15) is 26.2 Å². The molecular formula is C9H20N2S. The van der Waals surface area contributed by atoms with E-state index in [9.17, 15) is 0 Å². The van der Waals surface area contributed by atoms with E-state index in [1.165, 1.54) is 31.6 Å². The van der Waals surface area contributed by atoms with Crippen molar-refractivity contribution in [2.24, 2.45) is 5.73 Å². The summed E-state index contributed by atoms with van der Waals surface area (Å²) in [6.45, 7) is 3.28. The van der Waals surface area contributed by atoms with E-state index in [0.717, 1.165) is 11.8 Å². The smallest absolute Gasteiger partial charge is 0.0158 e. The molecule has 1 fully saturated rings. The molecule has 0 aromatic rings. The van der Waals surface area contributed by atoms with Crippen molar-refractivity contribution in [3.8, 4) is 0 Å². The van der Waals surface area contributed by atoms with E-state index >= 15 is 0 Å². The van der Waals surface area contributed by atoms with Crippen LogP contribution in [0.15, 0.2) is 0 Å². The van der Waals surface area contributed by atoms with Crippen molar-refractivity contribution in [3.63, 3.8) is 0 Å². The fraction of sp³-hybridized carbons (Fsp3) is 1.00. The number of hydrogen-bond donors (Lipinski definition) is 2. The molecule has 12 heavy (non-hydrogen) atoms. The van der Waals surface area contributed by atoms with Crippen molar-refractivity contribution in [2.75, 3.05) is 18.1 Å². The lowest BCUT2D eigenvalue weighted by molar-refractivity contribution is 0.430. The summed E-state index contributed by atoms with van der Waals surface area (Å²) in [5.41, 5.74) is 5.67. The van der Waals surface area contributed by atoms with Gasteiger partial charge in [0.05, 0.1) is 0 Å². The highest BCUT2D eigenvalue weighted by Crippen LogP contribution is 2.12. The van der Waals surface area contributed by atoms with Crippen LogP contribution in [0.25, 0.3) is 0 Å². The van der Waals surface area contributed by atoms with Crippen molar-refractivity contribution in [2.45, 2.75) is 38.3 Å². The molecule has 1 aliphatic heterocycles. The summed E-state index contributed by atoms with van der Waals surface area (Å²) < 4.78 is 0. The predicted molar refractivity (Wildman–Crippen MR) is 56.6 cm³/mol. The number of nitrogens with one attached hydrogen (secondary N) is 1. The third-order valence-electron chi connectivity index (χ3n) is 2.11.